The maximum absolute atomic E-state index is 5.78. The monoisotopic (exact) mass is 156 g/mol. The van der Waals surface area contributed by atoms with E-state index in [2.05, 4.69) is 13.2 Å². The third-order valence-corrected chi connectivity index (χ3v) is 1.79. The van der Waals surface area contributed by atoms with E-state index in [0.717, 1.165) is 17.9 Å². The molecule has 0 unspecified atom stereocenters. The summed E-state index contributed by atoms with van der Waals surface area (Å²) in [5.41, 5.74) is 1.18. The molecular formula is C9H13Cl. The largest absolute Gasteiger partial charge is 0.103 e. The Kier molecular flexibility index (Phi) is 5.05. The van der Waals surface area contributed by atoms with Crippen LogP contribution in [0.2, 0.25) is 0 Å². The van der Waals surface area contributed by atoms with Gasteiger partial charge in [0, 0.05) is 5.03 Å². The van der Waals surface area contributed by atoms with Gasteiger partial charge in [0.05, 0.1) is 0 Å². The molecule has 0 fully saturated rings. The summed E-state index contributed by atoms with van der Waals surface area (Å²) in [6.07, 6.45) is 5.51. The Hall–Kier alpha value is -0.490. The molecule has 0 saturated carbocycles. The first-order valence-electron chi connectivity index (χ1n) is 3.31. The van der Waals surface area contributed by atoms with Crippen LogP contribution in [0.5, 0.6) is 0 Å². The van der Waals surface area contributed by atoms with Crippen LogP contribution >= 0.6 is 11.6 Å². The van der Waals surface area contributed by atoms with Crippen molar-refractivity contribution in [3.05, 3.63) is 35.9 Å². The Morgan fingerprint density at radius 2 is 2.10 bits per heavy atom. The summed E-state index contributed by atoms with van der Waals surface area (Å²) in [6, 6.07) is 0. The lowest BCUT2D eigenvalue weighted by molar-refractivity contribution is 0.977. The maximum atomic E-state index is 5.78. The molecule has 0 atom stereocenters. The van der Waals surface area contributed by atoms with Gasteiger partial charge in [0.2, 0.25) is 0 Å². The lowest BCUT2D eigenvalue weighted by Crippen LogP contribution is -1.77. The molecule has 0 aliphatic rings. The van der Waals surface area contributed by atoms with Crippen molar-refractivity contribution >= 4 is 11.6 Å². The van der Waals surface area contributed by atoms with Crippen molar-refractivity contribution in [2.45, 2.75) is 19.8 Å². The molecule has 0 aromatic carbocycles. The van der Waals surface area contributed by atoms with E-state index < -0.39 is 0 Å². The highest BCUT2D eigenvalue weighted by molar-refractivity contribution is 6.31. The number of rotatable bonds is 4. The summed E-state index contributed by atoms with van der Waals surface area (Å²) in [7, 11) is 0. The van der Waals surface area contributed by atoms with Gasteiger partial charge in [0.25, 0.3) is 0 Å². The average Bonchev–Trinajstić information content (AvgIpc) is 1.98. The molecule has 0 radical (unpaired) electrons. The van der Waals surface area contributed by atoms with Gasteiger partial charge in [0.1, 0.15) is 0 Å². The van der Waals surface area contributed by atoms with Crippen LogP contribution < -0.4 is 0 Å². The second-order valence-electron chi connectivity index (χ2n) is 2.16. The molecule has 0 aliphatic heterocycles. The van der Waals surface area contributed by atoms with Crippen molar-refractivity contribution in [1.29, 1.82) is 0 Å². The van der Waals surface area contributed by atoms with Crippen LogP contribution in [-0.2, 0) is 0 Å². The first-order chi connectivity index (χ1) is 4.72. The predicted octanol–water partition coefficient (Wildman–Crippen LogP) is 3.65. The summed E-state index contributed by atoms with van der Waals surface area (Å²) in [4.78, 5) is 0. The average molecular weight is 157 g/mol. The van der Waals surface area contributed by atoms with Crippen LogP contribution in [0.15, 0.2) is 35.9 Å². The highest BCUT2D eigenvalue weighted by Crippen LogP contribution is 2.14. The highest BCUT2D eigenvalue weighted by atomic mass is 35.5. The van der Waals surface area contributed by atoms with E-state index in [1.807, 2.05) is 13.0 Å². The van der Waals surface area contributed by atoms with E-state index in [1.54, 1.807) is 6.08 Å². The van der Waals surface area contributed by atoms with Crippen molar-refractivity contribution in [3.8, 4) is 0 Å². The van der Waals surface area contributed by atoms with Crippen LogP contribution in [0.25, 0.3) is 0 Å². The van der Waals surface area contributed by atoms with Crippen molar-refractivity contribution < 1.29 is 0 Å². The van der Waals surface area contributed by atoms with Gasteiger partial charge < -0.3 is 0 Å². The fraction of sp³-hybridized carbons (Fsp3) is 0.333. The summed E-state index contributed by atoms with van der Waals surface area (Å²) >= 11 is 5.78. The Balaban J connectivity index is 3.90. The number of hydrogen-bond acceptors (Lipinski definition) is 0. The summed E-state index contributed by atoms with van der Waals surface area (Å²) in [5.74, 6) is 0. The molecule has 0 amide bonds. The fourth-order valence-corrected chi connectivity index (χ4v) is 0.707. The minimum atomic E-state index is 0.766. The molecule has 0 aliphatic carbocycles. The zero-order valence-electron chi connectivity index (χ0n) is 6.36. The second-order valence-corrected chi connectivity index (χ2v) is 2.57. The topological polar surface area (TPSA) is 0 Å². The van der Waals surface area contributed by atoms with Crippen molar-refractivity contribution in [2.24, 2.45) is 0 Å². The summed E-state index contributed by atoms with van der Waals surface area (Å²) in [6.45, 7) is 9.21. The second kappa shape index (κ2) is 5.31. The Morgan fingerprint density at radius 1 is 1.50 bits per heavy atom. The van der Waals surface area contributed by atoms with Gasteiger partial charge >= 0.3 is 0 Å². The normalized spacial score (nSPS) is 12.2. The van der Waals surface area contributed by atoms with Gasteiger partial charge in [-0.05, 0) is 19.8 Å². The Morgan fingerprint density at radius 3 is 2.50 bits per heavy atom. The molecule has 0 saturated heterocycles. The minimum Gasteiger partial charge on any atom is -0.103 e. The Bertz CT molecular complexity index is 154. The van der Waals surface area contributed by atoms with Crippen molar-refractivity contribution in [2.75, 3.05) is 0 Å². The summed E-state index contributed by atoms with van der Waals surface area (Å²) < 4.78 is 0. The van der Waals surface area contributed by atoms with Gasteiger partial charge in [-0.25, -0.2) is 0 Å². The first kappa shape index (κ1) is 9.51. The summed E-state index contributed by atoms with van der Waals surface area (Å²) in [5, 5.41) is 0.766. The van der Waals surface area contributed by atoms with Crippen LogP contribution in [0.1, 0.15) is 19.8 Å². The molecule has 10 heavy (non-hydrogen) atoms. The molecule has 56 valence electrons. The predicted molar refractivity (Wildman–Crippen MR) is 48.2 cm³/mol. The number of hydrogen-bond donors (Lipinski definition) is 0. The van der Waals surface area contributed by atoms with E-state index in [4.69, 9.17) is 11.6 Å². The van der Waals surface area contributed by atoms with Gasteiger partial charge in [-0.2, -0.15) is 0 Å². The third-order valence-electron chi connectivity index (χ3n) is 1.31. The van der Waals surface area contributed by atoms with Crippen LogP contribution in [-0.4, -0.2) is 0 Å². The molecule has 0 aromatic heterocycles. The fourth-order valence-electron chi connectivity index (χ4n) is 0.612. The Labute approximate surface area is 67.9 Å². The first-order valence-corrected chi connectivity index (χ1v) is 3.68. The van der Waals surface area contributed by atoms with Crippen LogP contribution in [0.3, 0.4) is 0 Å². The standard InChI is InChI=1S/C9H13Cl/c1-4-6-7-8(3)9(10)5-2/h4-5H,1-2,6-7H2,3H3/b9-8+. The van der Waals surface area contributed by atoms with Crippen molar-refractivity contribution in [3.63, 3.8) is 0 Å². The lowest BCUT2D eigenvalue weighted by Gasteiger charge is -1.97. The van der Waals surface area contributed by atoms with Crippen LogP contribution in [0, 0.1) is 0 Å². The minimum absolute atomic E-state index is 0.766. The van der Waals surface area contributed by atoms with E-state index in [1.165, 1.54) is 5.57 Å². The van der Waals surface area contributed by atoms with E-state index in [-0.39, 0.29) is 0 Å². The van der Waals surface area contributed by atoms with E-state index in [9.17, 15) is 0 Å². The maximum Gasteiger partial charge on any atom is 0.0389 e. The molecule has 0 bridgehead atoms. The lowest BCUT2D eigenvalue weighted by atomic mass is 10.1. The van der Waals surface area contributed by atoms with Gasteiger partial charge in [-0.1, -0.05) is 35.9 Å². The molecule has 0 aromatic rings. The van der Waals surface area contributed by atoms with Gasteiger partial charge in [-0.3, -0.25) is 0 Å². The van der Waals surface area contributed by atoms with E-state index >= 15 is 0 Å². The van der Waals surface area contributed by atoms with Crippen molar-refractivity contribution in [1.82, 2.24) is 0 Å². The molecule has 0 N–H and O–H groups in total. The van der Waals surface area contributed by atoms with E-state index in [0.29, 0.717) is 0 Å². The smallest absolute Gasteiger partial charge is 0.0389 e. The number of halogens is 1. The highest BCUT2D eigenvalue weighted by Gasteiger charge is 1.92. The molecule has 0 nitrogen and oxygen atoms in total. The molecule has 0 rings (SSSR count). The third kappa shape index (κ3) is 3.52. The molecule has 0 spiro atoms. The molecule has 0 heterocycles. The number of allylic oxidation sites excluding steroid dienone is 4. The SMILES string of the molecule is C=CCC/C(C)=C(/Cl)C=C. The van der Waals surface area contributed by atoms with Crippen LogP contribution in [0.4, 0.5) is 0 Å². The zero-order chi connectivity index (χ0) is 7.98. The zero-order valence-corrected chi connectivity index (χ0v) is 7.12. The van der Waals surface area contributed by atoms with Gasteiger partial charge in [-0.15, -0.1) is 6.58 Å². The van der Waals surface area contributed by atoms with Gasteiger partial charge in [0.15, 0.2) is 0 Å². The quantitative estimate of drug-likeness (QED) is 0.431. The molecular weight excluding hydrogens is 144 g/mol. The molecule has 1 heteroatoms.